The van der Waals surface area contributed by atoms with Crippen LogP contribution >= 0.6 is 11.3 Å². The highest BCUT2D eigenvalue weighted by Crippen LogP contribution is 2.27. The third-order valence-electron chi connectivity index (χ3n) is 4.96. The Morgan fingerprint density at radius 2 is 1.97 bits per heavy atom. The van der Waals surface area contributed by atoms with Crippen LogP contribution in [0.25, 0.3) is 0 Å². The molecule has 1 aromatic heterocycles. The van der Waals surface area contributed by atoms with Crippen LogP contribution in [-0.2, 0) is 27.7 Å². The van der Waals surface area contributed by atoms with Crippen molar-refractivity contribution in [2.75, 3.05) is 20.2 Å². The summed E-state index contributed by atoms with van der Waals surface area (Å²) in [5, 5.41) is 2.99. The van der Waals surface area contributed by atoms with Gasteiger partial charge in [0.05, 0.1) is 13.5 Å². The molecule has 8 heteroatoms. The lowest BCUT2D eigenvalue weighted by Gasteiger charge is -2.25. The highest BCUT2D eigenvalue weighted by molar-refractivity contribution is 7.91. The molecule has 2 heterocycles. The Bertz CT molecular complexity index is 934. The minimum absolute atomic E-state index is 0.0360. The molecule has 1 aliphatic rings. The third-order valence-corrected chi connectivity index (χ3v) is 8.42. The molecule has 1 aliphatic heterocycles. The van der Waals surface area contributed by atoms with Gasteiger partial charge < -0.3 is 10.1 Å². The normalized spacial score (nSPS) is 16.3. The Morgan fingerprint density at radius 1 is 1.21 bits per heavy atom. The molecular weight excluding hydrogens is 408 g/mol. The second-order valence-corrected chi connectivity index (χ2v) is 10.7. The molecule has 1 aromatic carbocycles. The number of nitrogens with one attached hydrogen (secondary N) is 1. The van der Waals surface area contributed by atoms with Crippen molar-refractivity contribution in [1.82, 2.24) is 9.62 Å². The van der Waals surface area contributed by atoms with Gasteiger partial charge in [0.15, 0.2) is 0 Å². The largest absolute Gasteiger partial charge is 0.497 e. The summed E-state index contributed by atoms with van der Waals surface area (Å²) in [5.74, 6) is 0.686. The first-order valence-electron chi connectivity index (χ1n) is 9.89. The second kappa shape index (κ2) is 9.73. The van der Waals surface area contributed by atoms with E-state index >= 15 is 0 Å². The molecule has 6 nitrogen and oxygen atoms in total. The predicted molar refractivity (Wildman–Crippen MR) is 115 cm³/mol. The lowest BCUT2D eigenvalue weighted by molar-refractivity contribution is -0.120. The first-order chi connectivity index (χ1) is 13.9. The maximum Gasteiger partial charge on any atom is 0.252 e. The van der Waals surface area contributed by atoms with E-state index in [1.165, 1.54) is 11.3 Å². The van der Waals surface area contributed by atoms with E-state index in [-0.39, 0.29) is 18.4 Å². The summed E-state index contributed by atoms with van der Waals surface area (Å²) in [6.07, 6.45) is 3.77. The number of piperidine rings is 1. The summed E-state index contributed by atoms with van der Waals surface area (Å²) in [4.78, 5) is 13.2. The summed E-state index contributed by atoms with van der Waals surface area (Å²) in [7, 11) is -1.81. The monoisotopic (exact) mass is 436 g/mol. The van der Waals surface area contributed by atoms with Gasteiger partial charge >= 0.3 is 0 Å². The minimum Gasteiger partial charge on any atom is -0.497 e. The van der Waals surface area contributed by atoms with Gasteiger partial charge in [-0.15, -0.1) is 11.3 Å². The van der Waals surface area contributed by atoms with Crippen molar-refractivity contribution in [3.8, 4) is 5.75 Å². The van der Waals surface area contributed by atoms with Gasteiger partial charge in [0, 0.05) is 24.0 Å². The van der Waals surface area contributed by atoms with Crippen molar-refractivity contribution < 1.29 is 17.9 Å². The number of amides is 1. The topological polar surface area (TPSA) is 75.7 Å². The van der Waals surface area contributed by atoms with Gasteiger partial charge in [-0.1, -0.05) is 18.6 Å². The van der Waals surface area contributed by atoms with Crippen molar-refractivity contribution in [1.29, 1.82) is 0 Å². The fourth-order valence-electron chi connectivity index (χ4n) is 3.51. The SMILES string of the molecule is COc1cccc(CC(C)NC(=O)Cc2ccc(S(=O)(=O)N3CCCCC3)s2)c1. The average molecular weight is 437 g/mol. The molecule has 29 heavy (non-hydrogen) atoms. The molecule has 0 radical (unpaired) electrons. The molecule has 0 saturated carbocycles. The van der Waals surface area contributed by atoms with Crippen LogP contribution in [0.4, 0.5) is 0 Å². The quantitative estimate of drug-likeness (QED) is 0.689. The summed E-state index contributed by atoms with van der Waals surface area (Å²) in [6.45, 7) is 3.12. The number of hydrogen-bond acceptors (Lipinski definition) is 5. The lowest BCUT2D eigenvalue weighted by Crippen LogP contribution is -2.35. The number of rotatable bonds is 8. The highest BCUT2D eigenvalue weighted by Gasteiger charge is 2.27. The first kappa shape index (κ1) is 21.8. The average Bonchev–Trinajstić information content (AvgIpc) is 3.17. The van der Waals surface area contributed by atoms with Crippen LogP contribution in [0.1, 0.15) is 36.6 Å². The van der Waals surface area contributed by atoms with Gasteiger partial charge in [-0.05, 0) is 56.0 Å². The zero-order valence-corrected chi connectivity index (χ0v) is 18.5. The van der Waals surface area contributed by atoms with Gasteiger partial charge in [-0.2, -0.15) is 4.31 Å². The highest BCUT2D eigenvalue weighted by atomic mass is 32.2. The lowest BCUT2D eigenvalue weighted by atomic mass is 10.1. The van der Waals surface area contributed by atoms with E-state index in [4.69, 9.17) is 4.74 Å². The van der Waals surface area contributed by atoms with E-state index in [9.17, 15) is 13.2 Å². The Kier molecular flexibility index (Phi) is 7.32. The van der Waals surface area contributed by atoms with Gasteiger partial charge in [-0.25, -0.2) is 8.42 Å². The van der Waals surface area contributed by atoms with Crippen molar-refractivity contribution in [3.63, 3.8) is 0 Å². The van der Waals surface area contributed by atoms with E-state index in [2.05, 4.69) is 5.32 Å². The predicted octanol–water partition coefficient (Wildman–Crippen LogP) is 3.22. The molecular formula is C21H28N2O4S2. The molecule has 1 N–H and O–H groups in total. The molecule has 1 amide bonds. The van der Waals surface area contributed by atoms with Crippen LogP contribution in [0.15, 0.2) is 40.6 Å². The van der Waals surface area contributed by atoms with E-state index in [0.29, 0.717) is 23.7 Å². The molecule has 1 unspecified atom stereocenters. The maximum atomic E-state index is 12.7. The Labute approximate surface area is 176 Å². The summed E-state index contributed by atoms with van der Waals surface area (Å²) >= 11 is 1.19. The molecule has 1 atom stereocenters. The van der Waals surface area contributed by atoms with E-state index in [1.54, 1.807) is 23.5 Å². The molecule has 158 valence electrons. The van der Waals surface area contributed by atoms with E-state index < -0.39 is 10.0 Å². The fourth-order valence-corrected chi connectivity index (χ4v) is 6.54. The first-order valence-corrected chi connectivity index (χ1v) is 12.2. The number of methoxy groups -OCH3 is 1. The number of ether oxygens (including phenoxy) is 1. The van der Waals surface area contributed by atoms with Gasteiger partial charge in [-0.3, -0.25) is 4.79 Å². The zero-order valence-electron chi connectivity index (χ0n) is 16.9. The van der Waals surface area contributed by atoms with Gasteiger partial charge in [0.25, 0.3) is 10.0 Å². The smallest absolute Gasteiger partial charge is 0.252 e. The van der Waals surface area contributed by atoms with Crippen LogP contribution in [0.3, 0.4) is 0 Å². The number of carbonyl (C=O) groups is 1. The number of nitrogens with zero attached hydrogens (tertiary/aromatic N) is 1. The molecule has 1 saturated heterocycles. The van der Waals surface area contributed by atoms with Crippen LogP contribution in [0, 0.1) is 0 Å². The van der Waals surface area contributed by atoms with Gasteiger partial charge in [0.2, 0.25) is 5.91 Å². The van der Waals surface area contributed by atoms with Crippen LogP contribution in [0.5, 0.6) is 5.75 Å². The van der Waals surface area contributed by atoms with Crippen molar-refractivity contribution in [2.24, 2.45) is 0 Å². The molecule has 0 spiro atoms. The summed E-state index contributed by atoms with van der Waals surface area (Å²) in [6, 6.07) is 11.1. The standard InChI is InChI=1S/C21H28N2O4S2/c1-16(13-17-7-6-8-18(14-17)27-2)22-20(24)15-19-9-10-21(28-19)29(25,26)23-11-4-3-5-12-23/h6-10,14,16H,3-5,11-13,15H2,1-2H3,(H,22,24). The fraction of sp³-hybridized carbons (Fsp3) is 0.476. The third kappa shape index (κ3) is 5.81. The van der Waals surface area contributed by atoms with E-state index in [1.807, 2.05) is 31.2 Å². The number of thiophene rings is 1. The zero-order chi connectivity index (χ0) is 20.9. The maximum absolute atomic E-state index is 12.7. The molecule has 1 fully saturated rings. The van der Waals surface area contributed by atoms with Crippen LogP contribution in [0.2, 0.25) is 0 Å². The summed E-state index contributed by atoms with van der Waals surface area (Å²) < 4.78 is 32.6. The Balaban J connectivity index is 1.55. The van der Waals surface area contributed by atoms with Crippen molar-refractivity contribution in [2.45, 2.75) is 49.3 Å². The van der Waals surface area contributed by atoms with Crippen LogP contribution in [-0.4, -0.2) is 44.9 Å². The Hall–Kier alpha value is -1.90. The molecule has 0 aliphatic carbocycles. The molecule has 0 bridgehead atoms. The number of benzene rings is 1. The van der Waals surface area contributed by atoms with Crippen molar-refractivity contribution in [3.05, 3.63) is 46.8 Å². The second-order valence-electron chi connectivity index (χ2n) is 7.39. The van der Waals surface area contributed by atoms with Crippen LogP contribution < -0.4 is 10.1 Å². The number of sulfonamides is 1. The van der Waals surface area contributed by atoms with E-state index in [0.717, 1.165) is 35.5 Å². The minimum atomic E-state index is -3.44. The van der Waals surface area contributed by atoms with Crippen molar-refractivity contribution >= 4 is 27.3 Å². The number of carbonyl (C=O) groups excluding carboxylic acids is 1. The Morgan fingerprint density at radius 3 is 2.69 bits per heavy atom. The number of hydrogen-bond donors (Lipinski definition) is 1. The van der Waals surface area contributed by atoms with Gasteiger partial charge in [0.1, 0.15) is 9.96 Å². The summed E-state index contributed by atoms with van der Waals surface area (Å²) in [5.41, 5.74) is 1.09. The molecule has 2 aromatic rings. The molecule has 3 rings (SSSR count).